The van der Waals surface area contributed by atoms with Crippen molar-refractivity contribution in [3.05, 3.63) is 55.6 Å². The van der Waals surface area contributed by atoms with E-state index in [1.54, 1.807) is 0 Å². The summed E-state index contributed by atoms with van der Waals surface area (Å²) in [5.74, 6) is 1.81. The summed E-state index contributed by atoms with van der Waals surface area (Å²) >= 11 is 0. The molecule has 3 aromatic rings. The first-order valence-electron chi connectivity index (χ1n) is 5.77. The normalized spacial score (nSPS) is 8.82. The van der Waals surface area contributed by atoms with Gasteiger partial charge in [-0.3, -0.25) is 0 Å². The summed E-state index contributed by atoms with van der Waals surface area (Å²) in [7, 11) is 3.98. The minimum Gasteiger partial charge on any atom is -0.239 e. The highest BCUT2D eigenvalue weighted by atomic mass is 79.9. The Kier molecular flexibility index (Phi) is 11.1. The zero-order valence-corrected chi connectivity index (χ0v) is 18.9. The highest BCUT2D eigenvalue weighted by molar-refractivity contribution is 8.93. The van der Waals surface area contributed by atoms with Gasteiger partial charge in [0.2, 0.25) is 24.3 Å². The van der Waals surface area contributed by atoms with Crippen LogP contribution >= 0.6 is 67.9 Å². The molecule has 0 aliphatic carbocycles. The third-order valence-electron chi connectivity index (χ3n) is 2.79. The average Bonchev–Trinajstić information content (AvgIpc) is 2.98. The number of aryl methyl sites for hydroxylation is 2. The third kappa shape index (κ3) is 5.29. The van der Waals surface area contributed by atoms with Gasteiger partial charge in [-0.05, 0) is 0 Å². The lowest BCUT2D eigenvalue weighted by molar-refractivity contribution is -0.670. The van der Waals surface area contributed by atoms with E-state index in [4.69, 9.17) is 0 Å². The van der Waals surface area contributed by atoms with E-state index in [-0.39, 0.29) is 67.9 Å². The number of rotatable bonds is 2. The van der Waals surface area contributed by atoms with Gasteiger partial charge < -0.3 is 0 Å². The number of hydrogen-bond donors (Lipinski definition) is 0. The second-order valence-electron chi connectivity index (χ2n) is 4.33. The molecule has 0 amide bonds. The minimum atomic E-state index is 0. The molecule has 0 radical (unpaired) electrons. The van der Waals surface area contributed by atoms with Crippen molar-refractivity contribution in [1.29, 1.82) is 0 Å². The van der Waals surface area contributed by atoms with E-state index in [2.05, 4.69) is 4.98 Å². The van der Waals surface area contributed by atoms with Gasteiger partial charge in [0, 0.05) is 12.1 Å². The average molecular weight is 565 g/mol. The number of pyridine rings is 1. The minimum absolute atomic E-state index is 0. The summed E-state index contributed by atoms with van der Waals surface area (Å²) in [4.78, 5) is 4.64. The van der Waals surface area contributed by atoms with Crippen molar-refractivity contribution in [1.82, 2.24) is 14.1 Å². The van der Waals surface area contributed by atoms with Crippen molar-refractivity contribution in [2.75, 3.05) is 0 Å². The van der Waals surface area contributed by atoms with Gasteiger partial charge in [0.1, 0.15) is 24.8 Å². The molecular weight excluding hydrogens is 546 g/mol. The number of aromatic nitrogens is 5. The molecule has 0 N–H and O–H groups in total. The van der Waals surface area contributed by atoms with Crippen LogP contribution in [0.1, 0.15) is 0 Å². The Bertz CT molecular complexity index is 640. The zero-order chi connectivity index (χ0) is 12.5. The summed E-state index contributed by atoms with van der Waals surface area (Å²) < 4.78 is 7.97. The van der Waals surface area contributed by atoms with Gasteiger partial charge in [-0.15, -0.1) is 67.9 Å². The summed E-state index contributed by atoms with van der Waals surface area (Å²) in [5, 5.41) is 0. The first kappa shape index (κ1) is 23.8. The molecule has 0 atom stereocenters. The molecule has 5 nitrogen and oxygen atoms in total. The van der Waals surface area contributed by atoms with E-state index in [0.717, 1.165) is 11.6 Å². The van der Waals surface area contributed by atoms with Crippen molar-refractivity contribution in [3.8, 4) is 11.6 Å². The molecule has 0 spiro atoms. The Labute approximate surface area is 171 Å². The quantitative estimate of drug-likeness (QED) is 0.441. The van der Waals surface area contributed by atoms with Gasteiger partial charge in [-0.2, -0.15) is 14.1 Å². The van der Waals surface area contributed by atoms with Crippen LogP contribution < -0.4 is 9.13 Å². The van der Waals surface area contributed by atoms with Crippen LogP contribution in [0.5, 0.6) is 0 Å². The van der Waals surface area contributed by atoms with E-state index in [1.807, 2.05) is 88.0 Å². The molecule has 0 bridgehead atoms. The number of hydrogen-bond acceptors (Lipinski definition) is 1. The number of imidazole rings is 2. The Hall–Kier alpha value is -0.510. The predicted molar refractivity (Wildman–Crippen MR) is 107 cm³/mol. The van der Waals surface area contributed by atoms with Gasteiger partial charge in [-0.1, -0.05) is 6.07 Å². The SMILES string of the molecule is Br.Br.Br.Br.C[n+]1ccn(-c2cccc(-n3cc[n+](C)c3)n2)c1. The molecule has 0 aliphatic rings. The van der Waals surface area contributed by atoms with Crippen molar-refractivity contribution >= 4 is 67.9 Å². The fraction of sp³-hybridized carbons (Fsp3) is 0.154. The van der Waals surface area contributed by atoms with E-state index >= 15 is 0 Å². The number of nitrogens with zero attached hydrogens (tertiary/aromatic N) is 5. The molecule has 0 fully saturated rings. The lowest BCUT2D eigenvalue weighted by Crippen LogP contribution is -2.24. The maximum absolute atomic E-state index is 4.64. The van der Waals surface area contributed by atoms with E-state index in [9.17, 15) is 0 Å². The Morgan fingerprint density at radius 3 is 1.50 bits per heavy atom. The van der Waals surface area contributed by atoms with Crippen LogP contribution in [0.4, 0.5) is 0 Å². The van der Waals surface area contributed by atoms with Gasteiger partial charge in [-0.25, -0.2) is 9.13 Å². The van der Waals surface area contributed by atoms with Crippen molar-refractivity contribution < 1.29 is 9.13 Å². The van der Waals surface area contributed by atoms with Gasteiger partial charge >= 0.3 is 0 Å². The fourth-order valence-corrected chi connectivity index (χ4v) is 1.87. The fourth-order valence-electron chi connectivity index (χ4n) is 1.87. The summed E-state index contributed by atoms with van der Waals surface area (Å²) in [6.07, 6.45) is 11.9. The van der Waals surface area contributed by atoms with Crippen LogP contribution in [0.15, 0.2) is 55.6 Å². The second-order valence-corrected chi connectivity index (χ2v) is 4.33. The first-order chi connectivity index (χ1) is 8.72. The largest absolute Gasteiger partial charge is 0.250 e. The topological polar surface area (TPSA) is 30.5 Å². The summed E-state index contributed by atoms with van der Waals surface area (Å²) in [6.45, 7) is 0. The molecule has 3 heterocycles. The smallest absolute Gasteiger partial charge is 0.239 e. The van der Waals surface area contributed by atoms with E-state index in [0.29, 0.717) is 0 Å². The van der Waals surface area contributed by atoms with Crippen molar-refractivity contribution in [3.63, 3.8) is 0 Å². The van der Waals surface area contributed by atoms with Crippen LogP contribution in [0.3, 0.4) is 0 Å². The summed E-state index contributed by atoms with van der Waals surface area (Å²) in [5.41, 5.74) is 0. The second kappa shape index (κ2) is 10.3. The van der Waals surface area contributed by atoms with Gasteiger partial charge in [0.25, 0.3) is 0 Å². The molecule has 122 valence electrons. The Morgan fingerprint density at radius 2 is 1.18 bits per heavy atom. The van der Waals surface area contributed by atoms with Crippen LogP contribution in [0.2, 0.25) is 0 Å². The molecule has 9 heteroatoms. The van der Waals surface area contributed by atoms with Crippen molar-refractivity contribution in [2.45, 2.75) is 0 Å². The molecule has 22 heavy (non-hydrogen) atoms. The molecule has 3 aromatic heterocycles. The Morgan fingerprint density at radius 1 is 0.773 bits per heavy atom. The standard InChI is InChI=1S/C13H15N5.4BrH/c1-15-6-8-17(10-15)12-4-3-5-13(14-12)18-9-7-16(2)11-18;;;;/h3-11H,1-2H3;4*1H/q+2;;;;. The number of halogens is 4. The molecule has 0 aromatic carbocycles. The predicted octanol–water partition coefficient (Wildman–Crippen LogP) is 2.62. The monoisotopic (exact) mass is 561 g/mol. The third-order valence-corrected chi connectivity index (χ3v) is 2.79. The molecule has 0 saturated carbocycles. The van der Waals surface area contributed by atoms with Gasteiger partial charge in [0.15, 0.2) is 0 Å². The van der Waals surface area contributed by atoms with Crippen LogP contribution in [0, 0.1) is 0 Å². The first-order valence-corrected chi connectivity index (χ1v) is 5.77. The van der Waals surface area contributed by atoms with E-state index in [1.165, 1.54) is 0 Å². The molecular formula is C13H19Br4N5+2. The molecule has 0 aliphatic heterocycles. The van der Waals surface area contributed by atoms with Gasteiger partial charge in [0.05, 0.1) is 14.1 Å². The molecule has 0 saturated heterocycles. The Balaban J connectivity index is 0. The highest BCUT2D eigenvalue weighted by Crippen LogP contribution is 2.07. The maximum atomic E-state index is 4.64. The highest BCUT2D eigenvalue weighted by Gasteiger charge is 2.10. The van der Waals surface area contributed by atoms with Crippen LogP contribution in [0.25, 0.3) is 11.6 Å². The molecule has 3 rings (SSSR count). The van der Waals surface area contributed by atoms with Crippen LogP contribution in [-0.4, -0.2) is 14.1 Å². The maximum Gasteiger partial charge on any atom is 0.250 e. The molecule has 0 unspecified atom stereocenters. The summed E-state index contributed by atoms with van der Waals surface area (Å²) in [6, 6.07) is 6.00. The van der Waals surface area contributed by atoms with E-state index < -0.39 is 0 Å². The van der Waals surface area contributed by atoms with Crippen LogP contribution in [-0.2, 0) is 14.1 Å². The lowest BCUT2D eigenvalue weighted by atomic mass is 10.4. The van der Waals surface area contributed by atoms with Crippen molar-refractivity contribution in [2.24, 2.45) is 14.1 Å². The zero-order valence-electron chi connectivity index (χ0n) is 12.1. The lowest BCUT2D eigenvalue weighted by Gasteiger charge is -1.97.